The average Bonchev–Trinajstić information content (AvgIpc) is 3.19. The zero-order valence-electron chi connectivity index (χ0n) is 16.9. The summed E-state index contributed by atoms with van der Waals surface area (Å²) >= 11 is 5.96. The predicted octanol–water partition coefficient (Wildman–Crippen LogP) is 2.44. The van der Waals surface area contributed by atoms with Crippen LogP contribution in [0.4, 0.5) is 0 Å². The van der Waals surface area contributed by atoms with Crippen molar-refractivity contribution in [1.82, 2.24) is 29.4 Å². The fraction of sp³-hybridized carbons (Fsp3) is 0.350. The molecule has 0 amide bonds. The zero-order chi connectivity index (χ0) is 21.3. The second-order valence-electron chi connectivity index (χ2n) is 7.43. The van der Waals surface area contributed by atoms with Gasteiger partial charge in [0.1, 0.15) is 0 Å². The number of hydrogen-bond donors (Lipinski definition) is 0. The Morgan fingerprint density at radius 2 is 1.70 bits per heavy atom. The number of benzene rings is 2. The lowest BCUT2D eigenvalue weighted by Gasteiger charge is -2.33. The van der Waals surface area contributed by atoms with Crippen LogP contribution in [-0.2, 0) is 16.6 Å². The van der Waals surface area contributed by atoms with Crippen molar-refractivity contribution in [2.75, 3.05) is 26.2 Å². The van der Waals surface area contributed by atoms with Gasteiger partial charge >= 0.3 is 0 Å². The van der Waals surface area contributed by atoms with Gasteiger partial charge in [-0.25, -0.2) is 8.42 Å². The summed E-state index contributed by atoms with van der Waals surface area (Å²) in [5, 5.41) is 12.7. The lowest BCUT2D eigenvalue weighted by molar-refractivity contribution is 0.177. The summed E-state index contributed by atoms with van der Waals surface area (Å²) in [4.78, 5) is 2.55. The van der Waals surface area contributed by atoms with E-state index in [1.165, 1.54) is 0 Å². The molecule has 1 aliphatic rings. The molecule has 2 heterocycles. The molecular formula is C20H23ClN6O2S. The summed E-state index contributed by atoms with van der Waals surface area (Å²) in [7, 11) is -3.51. The lowest BCUT2D eigenvalue weighted by Crippen LogP contribution is -2.48. The van der Waals surface area contributed by atoms with E-state index >= 15 is 0 Å². The van der Waals surface area contributed by atoms with Gasteiger partial charge in [0.05, 0.1) is 17.1 Å². The van der Waals surface area contributed by atoms with E-state index in [9.17, 15) is 8.42 Å². The molecule has 30 heavy (non-hydrogen) atoms. The van der Waals surface area contributed by atoms with E-state index in [0.29, 0.717) is 48.5 Å². The van der Waals surface area contributed by atoms with Crippen LogP contribution in [-0.4, -0.2) is 64.0 Å². The number of nitrogens with zero attached hydrogens (tertiary/aromatic N) is 6. The van der Waals surface area contributed by atoms with Gasteiger partial charge < -0.3 is 0 Å². The number of aryl methyl sites for hydroxylation is 2. The third kappa shape index (κ3) is 4.24. The minimum Gasteiger partial charge on any atom is -0.293 e. The number of piperazine rings is 1. The Hall–Kier alpha value is -2.33. The van der Waals surface area contributed by atoms with Gasteiger partial charge in [-0.3, -0.25) is 4.90 Å². The fourth-order valence-corrected chi connectivity index (χ4v) is 5.40. The van der Waals surface area contributed by atoms with Gasteiger partial charge in [-0.1, -0.05) is 23.7 Å². The highest BCUT2D eigenvalue weighted by Crippen LogP contribution is 2.23. The summed E-state index contributed by atoms with van der Waals surface area (Å²) in [5.74, 6) is 0.697. The SMILES string of the molecule is Cc1ccc(C)c(S(=O)(=O)N2CCN(Cc3nnnn3-c3ccc(Cl)cc3)CC2)c1. The molecule has 0 aliphatic carbocycles. The fourth-order valence-electron chi connectivity index (χ4n) is 3.54. The van der Waals surface area contributed by atoms with Crippen molar-refractivity contribution >= 4 is 21.6 Å². The second kappa shape index (κ2) is 8.43. The van der Waals surface area contributed by atoms with Gasteiger partial charge in [0.15, 0.2) is 5.82 Å². The Morgan fingerprint density at radius 1 is 1.00 bits per heavy atom. The molecule has 10 heteroatoms. The van der Waals surface area contributed by atoms with Gasteiger partial charge in [0.2, 0.25) is 10.0 Å². The smallest absolute Gasteiger partial charge is 0.243 e. The van der Waals surface area contributed by atoms with Crippen LogP contribution in [0.15, 0.2) is 47.4 Å². The minimum atomic E-state index is -3.51. The normalized spacial score (nSPS) is 16.1. The maximum absolute atomic E-state index is 13.1. The van der Waals surface area contributed by atoms with Gasteiger partial charge in [-0.2, -0.15) is 8.99 Å². The maximum Gasteiger partial charge on any atom is 0.243 e. The van der Waals surface area contributed by atoms with Crippen LogP contribution >= 0.6 is 11.6 Å². The number of rotatable bonds is 5. The van der Waals surface area contributed by atoms with Crippen LogP contribution < -0.4 is 0 Å². The van der Waals surface area contributed by atoms with E-state index < -0.39 is 10.0 Å². The number of sulfonamides is 1. The molecule has 1 saturated heterocycles. The molecule has 3 aromatic rings. The van der Waals surface area contributed by atoms with Crippen LogP contribution in [0, 0.1) is 13.8 Å². The quantitative estimate of drug-likeness (QED) is 0.598. The zero-order valence-corrected chi connectivity index (χ0v) is 18.4. The largest absolute Gasteiger partial charge is 0.293 e. The number of tetrazole rings is 1. The van der Waals surface area contributed by atoms with E-state index in [4.69, 9.17) is 11.6 Å². The standard InChI is InChI=1S/C20H23ClN6O2S/c1-15-3-4-16(2)19(13-15)30(28,29)26-11-9-25(10-12-26)14-20-22-23-24-27(20)18-7-5-17(21)6-8-18/h3-8,13H,9-12,14H2,1-2H3. The van der Waals surface area contributed by atoms with E-state index in [2.05, 4.69) is 20.4 Å². The van der Waals surface area contributed by atoms with Gasteiger partial charge in [0, 0.05) is 31.2 Å². The molecule has 0 saturated carbocycles. The highest BCUT2D eigenvalue weighted by molar-refractivity contribution is 7.89. The molecule has 158 valence electrons. The first-order valence-corrected chi connectivity index (χ1v) is 11.5. The Labute approximate surface area is 181 Å². The summed E-state index contributed by atoms with van der Waals surface area (Å²) < 4.78 is 29.5. The topological polar surface area (TPSA) is 84.2 Å². The van der Waals surface area contributed by atoms with Crippen LogP contribution in [0.5, 0.6) is 0 Å². The summed E-state index contributed by atoms with van der Waals surface area (Å²) in [5.41, 5.74) is 2.53. The Bertz CT molecular complexity index is 1140. The van der Waals surface area contributed by atoms with Crippen molar-refractivity contribution in [1.29, 1.82) is 0 Å². The molecule has 0 bridgehead atoms. The summed E-state index contributed by atoms with van der Waals surface area (Å²) in [6, 6.07) is 12.8. The van der Waals surface area contributed by atoms with Crippen molar-refractivity contribution in [2.45, 2.75) is 25.3 Å². The van der Waals surface area contributed by atoms with Crippen LogP contribution in [0.2, 0.25) is 5.02 Å². The third-order valence-corrected chi connectivity index (χ3v) is 7.56. The van der Waals surface area contributed by atoms with Crippen molar-refractivity contribution < 1.29 is 8.42 Å². The first kappa shape index (κ1) is 20.9. The molecule has 1 aromatic heterocycles. The van der Waals surface area contributed by atoms with E-state index in [-0.39, 0.29) is 0 Å². The molecule has 0 radical (unpaired) electrons. The van der Waals surface area contributed by atoms with Crippen molar-refractivity contribution in [3.63, 3.8) is 0 Å². The van der Waals surface area contributed by atoms with Gasteiger partial charge in [-0.15, -0.1) is 5.10 Å². The monoisotopic (exact) mass is 446 g/mol. The van der Waals surface area contributed by atoms with Crippen molar-refractivity contribution in [2.24, 2.45) is 0 Å². The third-order valence-electron chi connectivity index (χ3n) is 5.26. The van der Waals surface area contributed by atoms with E-state index in [1.54, 1.807) is 27.2 Å². The number of hydrogen-bond acceptors (Lipinski definition) is 6. The van der Waals surface area contributed by atoms with E-state index in [0.717, 1.165) is 16.8 Å². The number of halogens is 1. The first-order chi connectivity index (χ1) is 14.3. The highest BCUT2D eigenvalue weighted by atomic mass is 35.5. The van der Waals surface area contributed by atoms with Crippen LogP contribution in [0.1, 0.15) is 17.0 Å². The second-order valence-corrected chi connectivity index (χ2v) is 9.78. The Morgan fingerprint density at radius 3 is 2.40 bits per heavy atom. The molecule has 4 rings (SSSR count). The molecule has 8 nitrogen and oxygen atoms in total. The van der Waals surface area contributed by atoms with E-state index in [1.807, 2.05) is 38.1 Å². The van der Waals surface area contributed by atoms with Crippen molar-refractivity contribution in [3.05, 3.63) is 64.4 Å². The van der Waals surface area contributed by atoms with Crippen molar-refractivity contribution in [3.8, 4) is 5.69 Å². The predicted molar refractivity (Wildman–Crippen MR) is 114 cm³/mol. The molecule has 0 spiro atoms. The Kier molecular flexibility index (Phi) is 5.88. The molecule has 0 atom stereocenters. The molecular weight excluding hydrogens is 424 g/mol. The highest BCUT2D eigenvalue weighted by Gasteiger charge is 2.30. The molecule has 0 N–H and O–H groups in total. The molecule has 0 unspecified atom stereocenters. The lowest BCUT2D eigenvalue weighted by atomic mass is 10.2. The van der Waals surface area contributed by atoms with Crippen LogP contribution in [0.3, 0.4) is 0 Å². The molecule has 1 aliphatic heterocycles. The molecule has 2 aromatic carbocycles. The summed E-state index contributed by atoms with van der Waals surface area (Å²) in [6.07, 6.45) is 0. The van der Waals surface area contributed by atoms with Gasteiger partial charge in [0.25, 0.3) is 0 Å². The minimum absolute atomic E-state index is 0.391. The first-order valence-electron chi connectivity index (χ1n) is 9.67. The van der Waals surface area contributed by atoms with Crippen LogP contribution in [0.25, 0.3) is 5.69 Å². The van der Waals surface area contributed by atoms with Gasteiger partial charge in [-0.05, 0) is 65.7 Å². The average molecular weight is 447 g/mol. The Balaban J connectivity index is 1.44. The number of aromatic nitrogens is 4. The maximum atomic E-state index is 13.1. The summed E-state index contributed by atoms with van der Waals surface area (Å²) in [6.45, 7) is 6.35. The molecule has 1 fully saturated rings.